The zero-order chi connectivity index (χ0) is 15.2. The minimum Gasteiger partial charge on any atom is -0.378 e. The smallest absolute Gasteiger partial charge is 0.242 e. The number of amides is 1. The van der Waals surface area contributed by atoms with E-state index in [-0.39, 0.29) is 12.5 Å². The molecule has 7 heteroatoms. The second kappa shape index (κ2) is 6.85. The number of rotatable bonds is 6. The van der Waals surface area contributed by atoms with Gasteiger partial charge >= 0.3 is 0 Å². The van der Waals surface area contributed by atoms with E-state index in [1.807, 2.05) is 43.3 Å². The van der Waals surface area contributed by atoms with Gasteiger partial charge in [0.15, 0.2) is 0 Å². The van der Waals surface area contributed by atoms with E-state index < -0.39 is 0 Å². The van der Waals surface area contributed by atoms with Crippen LogP contribution in [0.15, 0.2) is 30.5 Å². The Labute approximate surface area is 123 Å². The van der Waals surface area contributed by atoms with Gasteiger partial charge in [0.05, 0.1) is 11.9 Å². The molecule has 0 aliphatic heterocycles. The van der Waals surface area contributed by atoms with Gasteiger partial charge in [-0.1, -0.05) is 17.3 Å². The van der Waals surface area contributed by atoms with Crippen LogP contribution in [0.4, 0.5) is 5.69 Å². The summed E-state index contributed by atoms with van der Waals surface area (Å²) in [5.41, 5.74) is 8.29. The summed E-state index contributed by atoms with van der Waals surface area (Å²) in [5, 5.41) is 10.5. The van der Waals surface area contributed by atoms with Gasteiger partial charge in [-0.25, -0.2) is 4.68 Å². The first kappa shape index (κ1) is 15.0. The highest BCUT2D eigenvalue weighted by Crippen LogP contribution is 2.11. The number of hydrogen-bond donors (Lipinski definition) is 2. The van der Waals surface area contributed by atoms with Gasteiger partial charge in [-0.2, -0.15) is 0 Å². The van der Waals surface area contributed by atoms with Gasteiger partial charge in [0.1, 0.15) is 6.54 Å². The molecular weight excluding hydrogens is 268 g/mol. The highest BCUT2D eigenvalue weighted by Gasteiger charge is 2.05. The van der Waals surface area contributed by atoms with E-state index in [0.29, 0.717) is 18.8 Å². The number of hydrogen-bond acceptors (Lipinski definition) is 5. The molecule has 21 heavy (non-hydrogen) atoms. The van der Waals surface area contributed by atoms with Crippen molar-refractivity contribution >= 4 is 11.6 Å². The Kier molecular flexibility index (Phi) is 4.89. The van der Waals surface area contributed by atoms with Gasteiger partial charge in [-0.15, -0.1) is 5.10 Å². The average molecular weight is 288 g/mol. The fourth-order valence-corrected chi connectivity index (χ4v) is 1.82. The number of nitrogens with one attached hydrogen (secondary N) is 1. The lowest BCUT2D eigenvalue weighted by Gasteiger charge is -2.12. The van der Waals surface area contributed by atoms with Crippen LogP contribution in [0.25, 0.3) is 0 Å². The first-order chi connectivity index (χ1) is 10.1. The monoisotopic (exact) mass is 288 g/mol. The highest BCUT2D eigenvalue weighted by molar-refractivity contribution is 5.75. The summed E-state index contributed by atoms with van der Waals surface area (Å²) in [4.78, 5) is 13.8. The maximum Gasteiger partial charge on any atom is 0.242 e. The van der Waals surface area contributed by atoms with Crippen molar-refractivity contribution in [3.05, 3.63) is 41.7 Å². The van der Waals surface area contributed by atoms with E-state index in [0.717, 1.165) is 11.3 Å². The lowest BCUT2D eigenvalue weighted by Crippen LogP contribution is -2.27. The van der Waals surface area contributed by atoms with Crippen LogP contribution in [0.5, 0.6) is 0 Å². The Bertz CT molecular complexity index is 590. The Morgan fingerprint density at radius 1 is 1.33 bits per heavy atom. The summed E-state index contributed by atoms with van der Waals surface area (Å²) in [5.74, 6) is -0.111. The normalized spacial score (nSPS) is 10.4. The van der Waals surface area contributed by atoms with Crippen molar-refractivity contribution < 1.29 is 4.79 Å². The lowest BCUT2D eigenvalue weighted by atomic mass is 10.2. The molecule has 0 saturated carbocycles. The first-order valence-electron chi connectivity index (χ1n) is 6.70. The topological polar surface area (TPSA) is 89.1 Å². The molecular formula is C14H20N6O. The molecule has 2 rings (SSSR count). The summed E-state index contributed by atoms with van der Waals surface area (Å²) in [7, 11) is 3.98. The molecule has 0 aliphatic rings. The maximum absolute atomic E-state index is 11.8. The van der Waals surface area contributed by atoms with Gasteiger partial charge < -0.3 is 16.0 Å². The number of aromatic nitrogens is 3. The van der Waals surface area contributed by atoms with Crippen molar-refractivity contribution in [1.82, 2.24) is 20.3 Å². The number of carbonyl (C=O) groups is 1. The first-order valence-corrected chi connectivity index (χ1v) is 6.70. The van der Waals surface area contributed by atoms with Crippen molar-refractivity contribution in [3.63, 3.8) is 0 Å². The van der Waals surface area contributed by atoms with Gasteiger partial charge in [0.25, 0.3) is 0 Å². The zero-order valence-electron chi connectivity index (χ0n) is 12.3. The third-order valence-electron chi connectivity index (χ3n) is 3.04. The van der Waals surface area contributed by atoms with Crippen LogP contribution in [0, 0.1) is 0 Å². The molecule has 112 valence electrons. The van der Waals surface area contributed by atoms with Gasteiger partial charge in [0, 0.05) is 32.9 Å². The van der Waals surface area contributed by atoms with Crippen molar-refractivity contribution in [3.8, 4) is 0 Å². The van der Waals surface area contributed by atoms with Crippen LogP contribution in [0.2, 0.25) is 0 Å². The minimum atomic E-state index is -0.111. The van der Waals surface area contributed by atoms with E-state index in [1.54, 1.807) is 6.20 Å². The maximum atomic E-state index is 11.8. The molecule has 0 atom stereocenters. The summed E-state index contributed by atoms with van der Waals surface area (Å²) in [6.07, 6.45) is 1.67. The Hall–Kier alpha value is -2.41. The van der Waals surface area contributed by atoms with Crippen LogP contribution in [-0.2, 0) is 24.4 Å². The Morgan fingerprint density at radius 2 is 2.05 bits per heavy atom. The van der Waals surface area contributed by atoms with Crippen molar-refractivity contribution in [2.24, 2.45) is 5.73 Å². The summed E-state index contributed by atoms with van der Waals surface area (Å²) < 4.78 is 1.48. The fourth-order valence-electron chi connectivity index (χ4n) is 1.82. The molecule has 0 spiro atoms. The number of anilines is 1. The average Bonchev–Trinajstić information content (AvgIpc) is 2.93. The second-order valence-corrected chi connectivity index (χ2v) is 4.95. The number of nitrogens with zero attached hydrogens (tertiary/aromatic N) is 4. The molecule has 1 aromatic carbocycles. The van der Waals surface area contributed by atoms with Crippen molar-refractivity contribution in [2.75, 3.05) is 19.0 Å². The molecule has 3 N–H and O–H groups in total. The molecule has 0 unspecified atom stereocenters. The number of benzene rings is 1. The molecule has 0 saturated heterocycles. The van der Waals surface area contributed by atoms with Crippen LogP contribution in [-0.4, -0.2) is 35.0 Å². The number of carbonyl (C=O) groups excluding carboxylic acids is 1. The van der Waals surface area contributed by atoms with E-state index in [2.05, 4.69) is 15.6 Å². The predicted molar refractivity (Wildman–Crippen MR) is 80.5 cm³/mol. The molecule has 0 bridgehead atoms. The lowest BCUT2D eigenvalue weighted by molar-refractivity contribution is -0.122. The van der Waals surface area contributed by atoms with Gasteiger partial charge in [-0.3, -0.25) is 4.79 Å². The van der Waals surface area contributed by atoms with E-state index in [9.17, 15) is 4.79 Å². The van der Waals surface area contributed by atoms with Crippen LogP contribution >= 0.6 is 0 Å². The quantitative estimate of drug-likeness (QED) is 0.788. The standard InChI is InChI=1S/C14H20N6O/c1-19(2)13-5-3-11(4-6-13)8-16-14(21)10-20-9-12(7-15)17-18-20/h3-6,9H,7-8,10,15H2,1-2H3,(H,16,21). The SMILES string of the molecule is CN(C)c1ccc(CNC(=O)Cn2cc(CN)nn2)cc1. The summed E-state index contributed by atoms with van der Waals surface area (Å²) in [6, 6.07) is 8.04. The predicted octanol–water partition coefficient (Wildman–Crippen LogP) is 0.119. The van der Waals surface area contributed by atoms with Gasteiger partial charge in [-0.05, 0) is 17.7 Å². The molecule has 1 amide bonds. The third kappa shape index (κ3) is 4.28. The minimum absolute atomic E-state index is 0.111. The third-order valence-corrected chi connectivity index (χ3v) is 3.04. The largest absolute Gasteiger partial charge is 0.378 e. The molecule has 7 nitrogen and oxygen atoms in total. The molecule has 1 heterocycles. The van der Waals surface area contributed by atoms with Crippen molar-refractivity contribution in [1.29, 1.82) is 0 Å². The summed E-state index contributed by atoms with van der Waals surface area (Å²) in [6.45, 7) is 0.952. The molecule has 0 radical (unpaired) electrons. The van der Waals surface area contributed by atoms with Crippen LogP contribution in [0.3, 0.4) is 0 Å². The Morgan fingerprint density at radius 3 is 2.62 bits per heavy atom. The zero-order valence-corrected chi connectivity index (χ0v) is 12.3. The fraction of sp³-hybridized carbons (Fsp3) is 0.357. The molecule has 0 aliphatic carbocycles. The van der Waals surface area contributed by atoms with E-state index >= 15 is 0 Å². The van der Waals surface area contributed by atoms with Crippen LogP contribution in [0.1, 0.15) is 11.3 Å². The Balaban J connectivity index is 1.83. The molecule has 2 aromatic rings. The summed E-state index contributed by atoms with van der Waals surface area (Å²) >= 11 is 0. The van der Waals surface area contributed by atoms with E-state index in [4.69, 9.17) is 5.73 Å². The van der Waals surface area contributed by atoms with Crippen molar-refractivity contribution in [2.45, 2.75) is 19.6 Å². The van der Waals surface area contributed by atoms with E-state index in [1.165, 1.54) is 4.68 Å². The molecule has 1 aromatic heterocycles. The van der Waals surface area contributed by atoms with Crippen LogP contribution < -0.4 is 16.0 Å². The second-order valence-electron chi connectivity index (χ2n) is 4.95. The number of nitrogens with two attached hydrogens (primary N) is 1. The molecule has 0 fully saturated rings. The highest BCUT2D eigenvalue weighted by atomic mass is 16.2. The van der Waals surface area contributed by atoms with Gasteiger partial charge in [0.2, 0.25) is 5.91 Å².